The molecular formula is C12H23N3OS. The average molecular weight is 257 g/mol. The van der Waals surface area contributed by atoms with E-state index < -0.39 is 5.54 Å². The van der Waals surface area contributed by atoms with Crippen LogP contribution in [0.5, 0.6) is 0 Å². The molecule has 5 heteroatoms. The second kappa shape index (κ2) is 5.67. The standard InChI is InChI=1S/C12H23N3OS/c1-4-9-5-7-12(8-6-9,10(13)17)14-11(16)15(2)3/h9H,4-8H2,1-3H3,(H2,13,17)(H,14,16). The van der Waals surface area contributed by atoms with Gasteiger partial charge < -0.3 is 16.0 Å². The van der Waals surface area contributed by atoms with Crippen LogP contribution in [0.1, 0.15) is 39.0 Å². The summed E-state index contributed by atoms with van der Waals surface area (Å²) in [6.45, 7) is 2.21. The number of nitrogens with two attached hydrogens (primary N) is 1. The van der Waals surface area contributed by atoms with Crippen LogP contribution in [0.25, 0.3) is 0 Å². The maximum atomic E-state index is 11.8. The quantitative estimate of drug-likeness (QED) is 0.759. The average Bonchev–Trinajstić information content (AvgIpc) is 2.29. The number of nitrogens with zero attached hydrogens (tertiary/aromatic N) is 1. The molecule has 0 heterocycles. The number of carbonyl (C=O) groups excluding carboxylic acids is 1. The van der Waals surface area contributed by atoms with Gasteiger partial charge in [0.1, 0.15) is 0 Å². The molecule has 0 saturated heterocycles. The highest BCUT2D eigenvalue weighted by Crippen LogP contribution is 2.34. The van der Waals surface area contributed by atoms with Crippen molar-refractivity contribution in [1.29, 1.82) is 0 Å². The van der Waals surface area contributed by atoms with E-state index in [0.29, 0.717) is 4.99 Å². The van der Waals surface area contributed by atoms with Crippen LogP contribution >= 0.6 is 12.2 Å². The molecule has 1 aliphatic carbocycles. The molecule has 0 aromatic rings. The highest BCUT2D eigenvalue weighted by atomic mass is 32.1. The van der Waals surface area contributed by atoms with Crippen molar-refractivity contribution in [3.8, 4) is 0 Å². The Hall–Kier alpha value is -0.840. The largest absolute Gasteiger partial charge is 0.391 e. The zero-order valence-electron chi connectivity index (χ0n) is 11.0. The molecule has 1 rings (SSSR count). The number of hydrogen-bond acceptors (Lipinski definition) is 2. The van der Waals surface area contributed by atoms with Gasteiger partial charge in [-0.3, -0.25) is 0 Å². The summed E-state index contributed by atoms with van der Waals surface area (Å²) in [7, 11) is 3.44. The van der Waals surface area contributed by atoms with E-state index in [1.54, 1.807) is 14.1 Å². The summed E-state index contributed by atoms with van der Waals surface area (Å²) in [5.41, 5.74) is 5.37. The van der Waals surface area contributed by atoms with E-state index in [2.05, 4.69) is 12.2 Å². The van der Waals surface area contributed by atoms with Gasteiger partial charge in [-0.05, 0) is 31.6 Å². The number of amides is 2. The summed E-state index contributed by atoms with van der Waals surface area (Å²) in [5.74, 6) is 0.744. The third-order valence-electron chi connectivity index (χ3n) is 3.76. The summed E-state index contributed by atoms with van der Waals surface area (Å²) < 4.78 is 0. The normalized spacial score (nSPS) is 28.5. The minimum atomic E-state index is -0.470. The molecule has 4 nitrogen and oxygen atoms in total. The Labute approximate surface area is 109 Å². The Bertz CT molecular complexity index is 296. The van der Waals surface area contributed by atoms with Crippen LogP contribution in [0.2, 0.25) is 0 Å². The number of urea groups is 1. The van der Waals surface area contributed by atoms with Crippen LogP contribution in [0.15, 0.2) is 0 Å². The predicted molar refractivity (Wildman–Crippen MR) is 74.0 cm³/mol. The minimum Gasteiger partial charge on any atom is -0.391 e. The van der Waals surface area contributed by atoms with Gasteiger partial charge in [0.05, 0.1) is 10.5 Å². The van der Waals surface area contributed by atoms with Gasteiger partial charge in [-0.25, -0.2) is 4.79 Å². The first-order valence-electron chi connectivity index (χ1n) is 6.20. The van der Waals surface area contributed by atoms with Crippen molar-refractivity contribution < 1.29 is 4.79 Å². The SMILES string of the molecule is CCC1CCC(NC(=O)N(C)C)(C(N)=S)CC1. The topological polar surface area (TPSA) is 58.4 Å². The number of thiocarbonyl (C=S) groups is 1. The van der Waals surface area contributed by atoms with Crippen molar-refractivity contribution in [2.75, 3.05) is 14.1 Å². The van der Waals surface area contributed by atoms with Crippen molar-refractivity contribution in [3.05, 3.63) is 0 Å². The van der Waals surface area contributed by atoms with Crippen molar-refractivity contribution in [1.82, 2.24) is 10.2 Å². The third-order valence-corrected chi connectivity index (χ3v) is 4.15. The lowest BCUT2D eigenvalue weighted by atomic mass is 9.75. The highest BCUT2D eigenvalue weighted by Gasteiger charge is 2.39. The fourth-order valence-electron chi connectivity index (χ4n) is 2.33. The maximum Gasteiger partial charge on any atom is 0.317 e. The van der Waals surface area contributed by atoms with Gasteiger partial charge in [0, 0.05) is 14.1 Å². The third kappa shape index (κ3) is 3.31. The second-order valence-corrected chi connectivity index (χ2v) is 5.56. The molecule has 1 saturated carbocycles. The molecule has 0 spiro atoms. The summed E-state index contributed by atoms with van der Waals surface area (Å²) >= 11 is 5.15. The van der Waals surface area contributed by atoms with E-state index in [1.807, 2.05) is 0 Å². The van der Waals surface area contributed by atoms with Crippen molar-refractivity contribution >= 4 is 23.2 Å². The fourth-order valence-corrected chi connectivity index (χ4v) is 2.58. The highest BCUT2D eigenvalue weighted by molar-refractivity contribution is 7.80. The van der Waals surface area contributed by atoms with Crippen LogP contribution in [0.4, 0.5) is 4.79 Å². The zero-order valence-corrected chi connectivity index (χ0v) is 11.8. The van der Waals surface area contributed by atoms with Gasteiger partial charge in [-0.15, -0.1) is 0 Å². The Morgan fingerprint density at radius 3 is 2.35 bits per heavy atom. The van der Waals surface area contributed by atoms with E-state index in [-0.39, 0.29) is 6.03 Å². The van der Waals surface area contributed by atoms with Crippen molar-refractivity contribution in [2.24, 2.45) is 11.7 Å². The van der Waals surface area contributed by atoms with E-state index in [1.165, 1.54) is 11.3 Å². The lowest BCUT2D eigenvalue weighted by Gasteiger charge is -2.40. The van der Waals surface area contributed by atoms with Crippen LogP contribution in [0.3, 0.4) is 0 Å². The first-order valence-corrected chi connectivity index (χ1v) is 6.61. The summed E-state index contributed by atoms with van der Waals surface area (Å²) in [4.78, 5) is 13.7. The monoisotopic (exact) mass is 257 g/mol. The first-order chi connectivity index (χ1) is 7.91. The summed E-state index contributed by atoms with van der Waals surface area (Å²) in [5, 5.41) is 3.00. The smallest absolute Gasteiger partial charge is 0.317 e. The van der Waals surface area contributed by atoms with Gasteiger partial charge >= 0.3 is 6.03 Å². The zero-order chi connectivity index (χ0) is 13.1. The van der Waals surface area contributed by atoms with Crippen LogP contribution < -0.4 is 11.1 Å². The van der Waals surface area contributed by atoms with E-state index in [9.17, 15) is 4.79 Å². The molecule has 0 unspecified atom stereocenters. The molecule has 2 amide bonds. The Balaban J connectivity index is 2.72. The van der Waals surface area contributed by atoms with Crippen LogP contribution in [-0.4, -0.2) is 35.6 Å². The lowest BCUT2D eigenvalue weighted by molar-refractivity contribution is 0.192. The summed E-state index contributed by atoms with van der Waals surface area (Å²) in [6, 6.07) is -0.118. The van der Waals surface area contributed by atoms with E-state index in [4.69, 9.17) is 18.0 Å². The van der Waals surface area contributed by atoms with Crippen LogP contribution in [0, 0.1) is 5.92 Å². The molecule has 17 heavy (non-hydrogen) atoms. The first kappa shape index (κ1) is 14.2. The van der Waals surface area contributed by atoms with Gasteiger partial charge in [0.25, 0.3) is 0 Å². The molecule has 1 fully saturated rings. The fraction of sp³-hybridized carbons (Fsp3) is 0.833. The summed E-state index contributed by atoms with van der Waals surface area (Å²) in [6.07, 6.45) is 5.08. The molecule has 0 atom stereocenters. The second-order valence-electron chi connectivity index (χ2n) is 5.12. The maximum absolute atomic E-state index is 11.8. The molecule has 98 valence electrons. The Morgan fingerprint density at radius 2 is 2.00 bits per heavy atom. The minimum absolute atomic E-state index is 0.118. The number of hydrogen-bond donors (Lipinski definition) is 2. The molecular weight excluding hydrogens is 234 g/mol. The number of rotatable bonds is 3. The molecule has 0 aliphatic heterocycles. The molecule has 3 N–H and O–H groups in total. The molecule has 0 aromatic heterocycles. The van der Waals surface area contributed by atoms with Gasteiger partial charge in [0.15, 0.2) is 0 Å². The van der Waals surface area contributed by atoms with E-state index >= 15 is 0 Å². The molecule has 1 aliphatic rings. The number of carbonyl (C=O) groups is 1. The Kier molecular flexibility index (Phi) is 4.74. The van der Waals surface area contributed by atoms with E-state index in [0.717, 1.165) is 31.6 Å². The molecule has 0 bridgehead atoms. The molecule has 0 aromatic carbocycles. The predicted octanol–water partition coefficient (Wildman–Crippen LogP) is 1.88. The van der Waals surface area contributed by atoms with Crippen molar-refractivity contribution in [2.45, 2.75) is 44.6 Å². The molecule has 0 radical (unpaired) electrons. The van der Waals surface area contributed by atoms with Crippen molar-refractivity contribution in [3.63, 3.8) is 0 Å². The number of nitrogens with one attached hydrogen (secondary N) is 1. The van der Waals surface area contributed by atoms with Gasteiger partial charge in [-0.1, -0.05) is 25.6 Å². The van der Waals surface area contributed by atoms with Crippen LogP contribution in [-0.2, 0) is 0 Å². The van der Waals surface area contributed by atoms with Gasteiger partial charge in [0.2, 0.25) is 0 Å². The Morgan fingerprint density at radius 1 is 1.47 bits per heavy atom. The van der Waals surface area contributed by atoms with Gasteiger partial charge in [-0.2, -0.15) is 0 Å². The lowest BCUT2D eigenvalue weighted by Crippen LogP contribution is -2.60.